The van der Waals surface area contributed by atoms with E-state index in [-0.39, 0.29) is 17.5 Å². The largest absolute Gasteiger partial charge is 0.388 e. The first-order valence-electron chi connectivity index (χ1n) is 7.01. The van der Waals surface area contributed by atoms with Gasteiger partial charge in [0.2, 0.25) is 0 Å². The summed E-state index contributed by atoms with van der Waals surface area (Å²) in [5, 5.41) is 10.2. The first-order chi connectivity index (χ1) is 10.0. The zero-order valence-corrected chi connectivity index (χ0v) is 12.0. The van der Waals surface area contributed by atoms with Crippen molar-refractivity contribution >= 4 is 11.6 Å². The van der Waals surface area contributed by atoms with Crippen LogP contribution < -0.4 is 0 Å². The van der Waals surface area contributed by atoms with Crippen molar-refractivity contribution in [3.63, 3.8) is 0 Å². The molecule has 0 radical (unpaired) electrons. The fraction of sp³-hybridized carbons (Fsp3) is 0.222. The maximum absolute atomic E-state index is 12.6. The Morgan fingerprint density at radius 2 is 1.33 bits per heavy atom. The SMILES string of the molecule is CC(C)C(O)c1ccc2c(c1)C(=O)c1ccccc1C2=O. The van der Waals surface area contributed by atoms with Gasteiger partial charge in [-0.3, -0.25) is 9.59 Å². The lowest BCUT2D eigenvalue weighted by Gasteiger charge is -2.20. The van der Waals surface area contributed by atoms with Crippen molar-refractivity contribution < 1.29 is 14.7 Å². The van der Waals surface area contributed by atoms with Crippen molar-refractivity contribution in [2.24, 2.45) is 5.92 Å². The molecule has 1 N–H and O–H groups in total. The standard InChI is InChI=1S/C18H16O3/c1-10(2)16(19)11-7-8-14-15(9-11)18(21)13-6-4-3-5-12(13)17(14)20/h3-10,16,19H,1-2H3. The molecular weight excluding hydrogens is 264 g/mol. The lowest BCUT2D eigenvalue weighted by molar-refractivity contribution is 0.0977. The Kier molecular flexibility index (Phi) is 3.22. The summed E-state index contributed by atoms with van der Waals surface area (Å²) in [4.78, 5) is 25.0. The maximum atomic E-state index is 12.6. The second-order valence-corrected chi connectivity index (χ2v) is 5.70. The van der Waals surface area contributed by atoms with Gasteiger partial charge >= 0.3 is 0 Å². The van der Waals surface area contributed by atoms with E-state index in [1.54, 1.807) is 42.5 Å². The molecule has 1 unspecified atom stereocenters. The molecule has 1 atom stereocenters. The molecule has 0 aromatic heterocycles. The second-order valence-electron chi connectivity index (χ2n) is 5.70. The third-order valence-electron chi connectivity index (χ3n) is 3.92. The zero-order chi connectivity index (χ0) is 15.1. The van der Waals surface area contributed by atoms with Crippen molar-refractivity contribution in [2.75, 3.05) is 0 Å². The number of rotatable bonds is 2. The summed E-state index contributed by atoms with van der Waals surface area (Å²) in [5.41, 5.74) is 2.36. The topological polar surface area (TPSA) is 54.4 Å². The summed E-state index contributed by atoms with van der Waals surface area (Å²) in [7, 11) is 0. The number of hydrogen-bond acceptors (Lipinski definition) is 3. The van der Waals surface area contributed by atoms with Gasteiger partial charge in [-0.25, -0.2) is 0 Å². The van der Waals surface area contributed by atoms with Crippen LogP contribution in [0.4, 0.5) is 0 Å². The van der Waals surface area contributed by atoms with Crippen LogP contribution in [0.1, 0.15) is 57.4 Å². The van der Waals surface area contributed by atoms with Crippen molar-refractivity contribution in [3.8, 4) is 0 Å². The van der Waals surface area contributed by atoms with E-state index in [1.165, 1.54) is 0 Å². The van der Waals surface area contributed by atoms with Gasteiger partial charge in [0.1, 0.15) is 0 Å². The monoisotopic (exact) mass is 280 g/mol. The molecule has 2 aromatic rings. The minimum Gasteiger partial charge on any atom is -0.388 e. The van der Waals surface area contributed by atoms with Gasteiger partial charge in [-0.1, -0.05) is 44.2 Å². The second kappa shape index (κ2) is 4.93. The Morgan fingerprint density at radius 3 is 1.90 bits per heavy atom. The molecule has 0 bridgehead atoms. The fourth-order valence-electron chi connectivity index (χ4n) is 2.69. The number of benzene rings is 2. The van der Waals surface area contributed by atoms with Crippen molar-refractivity contribution in [2.45, 2.75) is 20.0 Å². The quantitative estimate of drug-likeness (QED) is 0.784. The van der Waals surface area contributed by atoms with E-state index in [1.807, 2.05) is 13.8 Å². The minimum absolute atomic E-state index is 0.0460. The summed E-state index contributed by atoms with van der Waals surface area (Å²) in [6.45, 7) is 3.82. The summed E-state index contributed by atoms with van der Waals surface area (Å²) >= 11 is 0. The Bertz CT molecular complexity index is 744. The molecule has 0 spiro atoms. The third kappa shape index (κ3) is 2.10. The number of carbonyl (C=O) groups is 2. The number of ketones is 2. The molecule has 3 rings (SSSR count). The molecule has 0 aliphatic heterocycles. The summed E-state index contributed by atoms with van der Waals surface area (Å²) in [6, 6.07) is 11.9. The fourth-order valence-corrected chi connectivity index (χ4v) is 2.69. The van der Waals surface area contributed by atoms with E-state index >= 15 is 0 Å². The van der Waals surface area contributed by atoms with E-state index in [0.29, 0.717) is 27.8 Å². The van der Waals surface area contributed by atoms with Gasteiger partial charge in [0, 0.05) is 22.3 Å². The Hall–Kier alpha value is -2.26. The molecule has 1 aliphatic rings. The molecule has 0 saturated heterocycles. The lowest BCUT2D eigenvalue weighted by atomic mass is 9.82. The molecule has 3 heteroatoms. The molecular formula is C18H16O3. The molecule has 0 fully saturated rings. The zero-order valence-electron chi connectivity index (χ0n) is 12.0. The summed E-state index contributed by atoms with van der Waals surface area (Å²) < 4.78 is 0. The van der Waals surface area contributed by atoms with E-state index in [9.17, 15) is 14.7 Å². The number of aliphatic hydroxyl groups is 1. The first-order valence-corrected chi connectivity index (χ1v) is 7.01. The van der Waals surface area contributed by atoms with Crippen LogP contribution in [0.15, 0.2) is 42.5 Å². The van der Waals surface area contributed by atoms with Crippen LogP contribution in [0.2, 0.25) is 0 Å². The van der Waals surface area contributed by atoms with Crippen molar-refractivity contribution in [3.05, 3.63) is 70.3 Å². The Labute approximate surface area is 123 Å². The third-order valence-corrected chi connectivity index (χ3v) is 3.92. The Morgan fingerprint density at radius 1 is 0.810 bits per heavy atom. The van der Waals surface area contributed by atoms with Gasteiger partial charge < -0.3 is 5.11 Å². The van der Waals surface area contributed by atoms with E-state index in [0.717, 1.165) is 0 Å². The molecule has 1 aliphatic carbocycles. The highest BCUT2D eigenvalue weighted by Crippen LogP contribution is 2.30. The average Bonchev–Trinajstić information content (AvgIpc) is 2.51. The summed E-state index contributed by atoms with van der Waals surface area (Å²) in [5.74, 6) is -0.242. The molecule has 21 heavy (non-hydrogen) atoms. The van der Waals surface area contributed by atoms with Crippen LogP contribution in [-0.4, -0.2) is 16.7 Å². The highest BCUT2D eigenvalue weighted by Gasteiger charge is 2.30. The number of carbonyl (C=O) groups excluding carboxylic acids is 2. The van der Waals surface area contributed by atoms with Gasteiger partial charge in [-0.2, -0.15) is 0 Å². The molecule has 2 aromatic carbocycles. The van der Waals surface area contributed by atoms with Crippen molar-refractivity contribution in [1.29, 1.82) is 0 Å². The van der Waals surface area contributed by atoms with Crippen LogP contribution in [0, 0.1) is 5.92 Å². The van der Waals surface area contributed by atoms with E-state index in [4.69, 9.17) is 0 Å². The molecule has 0 saturated carbocycles. The predicted molar refractivity (Wildman–Crippen MR) is 79.5 cm³/mol. The van der Waals surface area contributed by atoms with Gasteiger partial charge in [-0.15, -0.1) is 0 Å². The number of aliphatic hydroxyl groups excluding tert-OH is 1. The predicted octanol–water partition coefficient (Wildman–Crippen LogP) is 3.15. The molecule has 106 valence electrons. The number of fused-ring (bicyclic) bond motifs is 2. The average molecular weight is 280 g/mol. The van der Waals surface area contributed by atoms with Crippen molar-refractivity contribution in [1.82, 2.24) is 0 Å². The van der Waals surface area contributed by atoms with E-state index < -0.39 is 6.10 Å². The van der Waals surface area contributed by atoms with Crippen LogP contribution in [0.25, 0.3) is 0 Å². The van der Waals surface area contributed by atoms with Crippen LogP contribution in [0.3, 0.4) is 0 Å². The maximum Gasteiger partial charge on any atom is 0.194 e. The number of hydrogen-bond donors (Lipinski definition) is 1. The van der Waals surface area contributed by atoms with Crippen LogP contribution >= 0.6 is 0 Å². The summed E-state index contributed by atoms with van der Waals surface area (Å²) in [6.07, 6.45) is -0.643. The van der Waals surface area contributed by atoms with Gasteiger partial charge in [0.25, 0.3) is 0 Å². The highest BCUT2D eigenvalue weighted by atomic mass is 16.3. The molecule has 0 amide bonds. The molecule has 3 nitrogen and oxygen atoms in total. The van der Waals surface area contributed by atoms with Gasteiger partial charge in [0.05, 0.1) is 6.10 Å². The lowest BCUT2D eigenvalue weighted by Crippen LogP contribution is -2.21. The highest BCUT2D eigenvalue weighted by molar-refractivity contribution is 6.28. The normalized spacial score (nSPS) is 14.9. The van der Waals surface area contributed by atoms with Crippen LogP contribution in [0.5, 0.6) is 0 Å². The molecule has 0 heterocycles. The Balaban J connectivity index is 2.15. The minimum atomic E-state index is -0.643. The van der Waals surface area contributed by atoms with Gasteiger partial charge in [0.15, 0.2) is 11.6 Å². The smallest absolute Gasteiger partial charge is 0.194 e. The van der Waals surface area contributed by atoms with E-state index in [2.05, 4.69) is 0 Å². The van der Waals surface area contributed by atoms with Gasteiger partial charge in [-0.05, 0) is 23.6 Å². The van der Waals surface area contributed by atoms with Crippen LogP contribution in [-0.2, 0) is 0 Å². The first kappa shape index (κ1) is 13.7.